The molecule has 0 radical (unpaired) electrons. The van der Waals surface area contributed by atoms with Gasteiger partial charge in [0.25, 0.3) is 0 Å². The van der Waals surface area contributed by atoms with Gasteiger partial charge in [-0.15, -0.1) is 0 Å². The number of amides is 1. The number of pyridine rings is 1. The third kappa shape index (κ3) is 3.62. The zero-order chi connectivity index (χ0) is 17.1. The van der Waals surface area contributed by atoms with Crippen LogP contribution in [0.3, 0.4) is 0 Å². The Kier molecular flexibility index (Phi) is 4.90. The smallest absolute Gasteiger partial charge is 0.242 e. The highest BCUT2D eigenvalue weighted by atomic mass is 19.1. The average Bonchev–Trinajstić information content (AvgIpc) is 3.00. The van der Waals surface area contributed by atoms with Crippen molar-refractivity contribution in [2.45, 2.75) is 31.8 Å². The van der Waals surface area contributed by atoms with Crippen LogP contribution in [-0.4, -0.2) is 29.9 Å². The molecule has 1 unspecified atom stereocenters. The van der Waals surface area contributed by atoms with Crippen molar-refractivity contribution in [3.05, 3.63) is 64.7 Å². The van der Waals surface area contributed by atoms with Gasteiger partial charge in [-0.25, -0.2) is 4.39 Å². The number of fused-ring (bicyclic) bond motifs is 1. The minimum absolute atomic E-state index is 0.147. The van der Waals surface area contributed by atoms with E-state index in [1.54, 1.807) is 17.0 Å². The number of likely N-dealkylation sites (N-methyl/N-ethyl adjacent to an activating group) is 1. The Hall–Kier alpha value is -2.27. The first-order valence-electron chi connectivity index (χ1n) is 8.21. The molecule has 0 saturated heterocycles. The zero-order valence-corrected chi connectivity index (χ0v) is 14.1. The van der Waals surface area contributed by atoms with E-state index in [-0.39, 0.29) is 11.7 Å². The Labute approximate surface area is 141 Å². The van der Waals surface area contributed by atoms with Crippen molar-refractivity contribution in [2.24, 2.45) is 0 Å². The summed E-state index contributed by atoms with van der Waals surface area (Å²) in [5.74, 6) is -0.485. The molecule has 1 aromatic carbocycles. The summed E-state index contributed by atoms with van der Waals surface area (Å²) in [4.78, 5) is 18.9. The van der Waals surface area contributed by atoms with Crippen LogP contribution in [0.2, 0.25) is 0 Å². The van der Waals surface area contributed by atoms with Crippen LogP contribution in [0.25, 0.3) is 0 Å². The fourth-order valence-corrected chi connectivity index (χ4v) is 3.22. The zero-order valence-electron chi connectivity index (χ0n) is 14.1. The first-order valence-corrected chi connectivity index (χ1v) is 8.21. The highest BCUT2D eigenvalue weighted by molar-refractivity contribution is 5.83. The predicted molar refractivity (Wildman–Crippen MR) is 90.9 cm³/mol. The van der Waals surface area contributed by atoms with Crippen molar-refractivity contribution in [2.75, 3.05) is 14.1 Å². The van der Waals surface area contributed by atoms with Gasteiger partial charge in [-0.05, 0) is 62.2 Å². The summed E-state index contributed by atoms with van der Waals surface area (Å²) in [6.45, 7) is 0.429. The van der Waals surface area contributed by atoms with Crippen molar-refractivity contribution in [1.82, 2.24) is 15.2 Å². The van der Waals surface area contributed by atoms with Crippen LogP contribution in [0.1, 0.15) is 34.8 Å². The number of carbonyl (C=O) groups excluding carboxylic acids is 1. The summed E-state index contributed by atoms with van der Waals surface area (Å²) < 4.78 is 13.5. The Morgan fingerprint density at radius 2 is 2.17 bits per heavy atom. The Morgan fingerprint density at radius 3 is 2.92 bits per heavy atom. The lowest BCUT2D eigenvalue weighted by Crippen LogP contribution is -2.36. The summed E-state index contributed by atoms with van der Waals surface area (Å²) in [7, 11) is 3.62. The summed E-state index contributed by atoms with van der Waals surface area (Å²) in [5.41, 5.74) is 4.11. The standard InChI is InChI=1S/C19H22FN3O/c1-23(2)18(15-6-3-7-16(20)10-15)19(24)22-12-13-9-14-5-4-8-17(14)21-11-13/h3,6-7,9-11,18H,4-5,8,12H2,1-2H3,(H,22,24). The minimum atomic E-state index is -0.525. The van der Waals surface area contributed by atoms with Crippen LogP contribution in [0.15, 0.2) is 36.5 Å². The molecule has 5 heteroatoms. The highest BCUT2D eigenvalue weighted by Gasteiger charge is 2.23. The fraction of sp³-hybridized carbons (Fsp3) is 0.368. The lowest BCUT2D eigenvalue weighted by atomic mass is 10.0. The first-order chi connectivity index (χ1) is 11.5. The summed E-state index contributed by atoms with van der Waals surface area (Å²) >= 11 is 0. The molecule has 0 fully saturated rings. The molecule has 3 rings (SSSR count). The third-order valence-corrected chi connectivity index (χ3v) is 4.37. The van der Waals surface area contributed by atoms with Crippen molar-refractivity contribution >= 4 is 5.91 Å². The van der Waals surface area contributed by atoms with Crippen LogP contribution in [0.5, 0.6) is 0 Å². The fourth-order valence-electron chi connectivity index (χ4n) is 3.22. The normalized spacial score (nSPS) is 14.5. The van der Waals surface area contributed by atoms with E-state index in [9.17, 15) is 9.18 Å². The maximum atomic E-state index is 13.5. The predicted octanol–water partition coefficient (Wildman–Crippen LogP) is 2.63. The van der Waals surface area contributed by atoms with Crippen LogP contribution >= 0.6 is 0 Å². The van der Waals surface area contributed by atoms with Gasteiger partial charge in [-0.3, -0.25) is 14.7 Å². The van der Waals surface area contributed by atoms with E-state index in [0.29, 0.717) is 12.1 Å². The lowest BCUT2D eigenvalue weighted by Gasteiger charge is -2.24. The molecule has 1 amide bonds. The van der Waals surface area contributed by atoms with Gasteiger partial charge >= 0.3 is 0 Å². The van der Waals surface area contributed by atoms with Gasteiger partial charge in [-0.2, -0.15) is 0 Å². The number of halogens is 1. The van der Waals surface area contributed by atoms with Gasteiger partial charge in [0.05, 0.1) is 0 Å². The molecule has 1 heterocycles. The molecule has 2 aromatic rings. The largest absolute Gasteiger partial charge is 0.350 e. The van der Waals surface area contributed by atoms with Gasteiger partial charge < -0.3 is 5.32 Å². The van der Waals surface area contributed by atoms with Crippen LogP contribution < -0.4 is 5.32 Å². The molecule has 1 aliphatic rings. The second-order valence-corrected chi connectivity index (χ2v) is 6.44. The second-order valence-electron chi connectivity index (χ2n) is 6.44. The van der Waals surface area contributed by atoms with E-state index in [0.717, 1.165) is 24.8 Å². The number of hydrogen-bond donors (Lipinski definition) is 1. The summed E-state index contributed by atoms with van der Waals surface area (Å²) in [5, 5.41) is 2.95. The molecule has 24 heavy (non-hydrogen) atoms. The minimum Gasteiger partial charge on any atom is -0.350 e. The molecule has 4 nitrogen and oxygen atoms in total. The van der Waals surface area contributed by atoms with Gasteiger partial charge in [-0.1, -0.05) is 18.2 Å². The first kappa shape index (κ1) is 16.6. The SMILES string of the molecule is CN(C)C(C(=O)NCc1cnc2c(c1)CCC2)c1cccc(F)c1. The second kappa shape index (κ2) is 7.09. The number of benzene rings is 1. The van der Waals surface area contributed by atoms with Crippen LogP contribution in [0, 0.1) is 5.82 Å². The molecule has 126 valence electrons. The molecular weight excluding hydrogens is 305 g/mol. The Balaban J connectivity index is 1.70. The van der Waals surface area contributed by atoms with E-state index < -0.39 is 6.04 Å². The molecule has 0 saturated carbocycles. The average molecular weight is 327 g/mol. The number of aryl methyl sites for hydroxylation is 2. The third-order valence-electron chi connectivity index (χ3n) is 4.37. The maximum absolute atomic E-state index is 13.5. The van der Waals surface area contributed by atoms with Gasteiger partial charge in [0.15, 0.2) is 0 Å². The van der Waals surface area contributed by atoms with Crippen LogP contribution in [-0.2, 0) is 24.2 Å². The summed E-state index contributed by atoms with van der Waals surface area (Å²) in [6, 6.07) is 7.78. The quantitative estimate of drug-likeness (QED) is 0.918. The number of rotatable bonds is 5. The molecule has 1 aromatic heterocycles. The molecule has 1 N–H and O–H groups in total. The number of aromatic nitrogens is 1. The monoisotopic (exact) mass is 327 g/mol. The van der Waals surface area contributed by atoms with E-state index in [4.69, 9.17) is 0 Å². The van der Waals surface area contributed by atoms with Crippen LogP contribution in [0.4, 0.5) is 4.39 Å². The topological polar surface area (TPSA) is 45.2 Å². The molecule has 0 aliphatic heterocycles. The van der Waals surface area contributed by atoms with E-state index in [1.165, 1.54) is 23.4 Å². The maximum Gasteiger partial charge on any atom is 0.242 e. The molecular formula is C19H22FN3O. The van der Waals surface area contributed by atoms with Gasteiger partial charge in [0, 0.05) is 18.4 Å². The van der Waals surface area contributed by atoms with E-state index in [2.05, 4.69) is 16.4 Å². The number of nitrogens with zero attached hydrogens (tertiary/aromatic N) is 2. The number of hydrogen-bond acceptors (Lipinski definition) is 3. The summed E-state index contributed by atoms with van der Waals surface area (Å²) in [6.07, 6.45) is 5.09. The molecule has 1 atom stereocenters. The van der Waals surface area contributed by atoms with E-state index in [1.807, 2.05) is 20.3 Å². The number of nitrogens with one attached hydrogen (secondary N) is 1. The van der Waals surface area contributed by atoms with Crippen molar-refractivity contribution in [1.29, 1.82) is 0 Å². The van der Waals surface area contributed by atoms with Crippen molar-refractivity contribution < 1.29 is 9.18 Å². The number of carbonyl (C=O) groups is 1. The molecule has 0 spiro atoms. The van der Waals surface area contributed by atoms with Gasteiger partial charge in [0.1, 0.15) is 11.9 Å². The van der Waals surface area contributed by atoms with Gasteiger partial charge in [0.2, 0.25) is 5.91 Å². The Bertz CT molecular complexity index is 745. The molecule has 1 aliphatic carbocycles. The Morgan fingerprint density at radius 1 is 1.33 bits per heavy atom. The lowest BCUT2D eigenvalue weighted by molar-refractivity contribution is -0.125. The molecule has 0 bridgehead atoms. The van der Waals surface area contributed by atoms with Crippen molar-refractivity contribution in [3.63, 3.8) is 0 Å². The van der Waals surface area contributed by atoms with Crippen molar-refractivity contribution in [3.8, 4) is 0 Å². The van der Waals surface area contributed by atoms with E-state index >= 15 is 0 Å². The highest BCUT2D eigenvalue weighted by Crippen LogP contribution is 2.21.